The molecule has 0 spiro atoms. The average Bonchev–Trinajstić information content (AvgIpc) is 3.54. The third kappa shape index (κ3) is 5.20. The SMILES string of the molecule is CCOC(=O)C1CCCN(c2nc(-c3csc4ccccc34)ccc2C(=O)N(C)Cc2nnc(C)o2)C1. The Morgan fingerprint density at radius 3 is 2.84 bits per heavy atom. The van der Waals surface area contributed by atoms with Gasteiger partial charge in [-0.25, -0.2) is 4.98 Å². The lowest BCUT2D eigenvalue weighted by Gasteiger charge is -2.34. The van der Waals surface area contributed by atoms with Crippen molar-refractivity contribution in [3.63, 3.8) is 0 Å². The largest absolute Gasteiger partial charge is 0.466 e. The van der Waals surface area contributed by atoms with Crippen molar-refractivity contribution in [2.24, 2.45) is 5.92 Å². The first-order valence-electron chi connectivity index (χ1n) is 12.4. The number of piperidine rings is 1. The van der Waals surface area contributed by atoms with E-state index in [-0.39, 0.29) is 24.3 Å². The van der Waals surface area contributed by atoms with E-state index in [2.05, 4.69) is 27.7 Å². The number of anilines is 1. The molecule has 5 rings (SSSR count). The van der Waals surface area contributed by atoms with Crippen LogP contribution in [0.4, 0.5) is 5.82 Å². The van der Waals surface area contributed by atoms with Crippen LogP contribution in [0.25, 0.3) is 21.3 Å². The Morgan fingerprint density at radius 1 is 1.22 bits per heavy atom. The minimum absolute atomic E-state index is 0.182. The van der Waals surface area contributed by atoms with E-state index < -0.39 is 0 Å². The van der Waals surface area contributed by atoms with Crippen LogP contribution in [0.5, 0.6) is 0 Å². The van der Waals surface area contributed by atoms with E-state index in [0.717, 1.165) is 29.5 Å². The Labute approximate surface area is 219 Å². The third-order valence-corrected chi connectivity index (χ3v) is 7.45. The Bertz CT molecular complexity index is 1430. The number of aromatic nitrogens is 3. The Hall–Kier alpha value is -3.79. The lowest BCUT2D eigenvalue weighted by atomic mass is 9.97. The van der Waals surface area contributed by atoms with Gasteiger partial charge in [-0.2, -0.15) is 0 Å². The summed E-state index contributed by atoms with van der Waals surface area (Å²) in [6, 6.07) is 11.9. The molecule has 4 heterocycles. The fourth-order valence-electron chi connectivity index (χ4n) is 4.69. The molecule has 1 aliphatic rings. The van der Waals surface area contributed by atoms with Crippen LogP contribution < -0.4 is 4.90 Å². The lowest BCUT2D eigenvalue weighted by Crippen LogP contribution is -2.41. The molecule has 37 heavy (non-hydrogen) atoms. The fraction of sp³-hybridized carbons (Fsp3) is 0.370. The molecule has 0 bridgehead atoms. The van der Waals surface area contributed by atoms with Gasteiger partial charge in [-0.15, -0.1) is 21.5 Å². The summed E-state index contributed by atoms with van der Waals surface area (Å²) in [5.74, 6) is 0.708. The van der Waals surface area contributed by atoms with Crippen LogP contribution in [-0.2, 0) is 16.1 Å². The van der Waals surface area contributed by atoms with Crippen molar-refractivity contribution in [1.29, 1.82) is 0 Å². The van der Waals surface area contributed by atoms with Crippen molar-refractivity contribution in [2.75, 3.05) is 31.6 Å². The number of hydrogen-bond acceptors (Lipinski definition) is 9. The number of esters is 1. The second-order valence-corrected chi connectivity index (χ2v) is 10.0. The molecule has 3 aromatic heterocycles. The number of carbonyl (C=O) groups is 2. The standard InChI is InChI=1S/C27H29N5O4S/c1-4-35-27(34)18-8-7-13-32(14-18)25-20(26(33)31(3)15-24-30-29-17(2)36-24)11-12-22(28-25)21-16-37-23-10-6-5-9-19(21)23/h5-6,9-12,16,18H,4,7-8,13-15H2,1-3H3. The van der Waals surface area contributed by atoms with Gasteiger partial charge < -0.3 is 19.0 Å². The zero-order chi connectivity index (χ0) is 25.9. The Morgan fingerprint density at radius 2 is 2.05 bits per heavy atom. The maximum atomic E-state index is 13.6. The number of hydrogen-bond donors (Lipinski definition) is 0. The molecule has 0 aliphatic carbocycles. The Kier molecular flexibility index (Phi) is 7.18. The summed E-state index contributed by atoms with van der Waals surface area (Å²) in [7, 11) is 1.70. The third-order valence-electron chi connectivity index (χ3n) is 6.49. The van der Waals surface area contributed by atoms with Gasteiger partial charge in [0, 0.05) is 48.1 Å². The number of thiophene rings is 1. The van der Waals surface area contributed by atoms with Crippen LogP contribution in [0.2, 0.25) is 0 Å². The number of carbonyl (C=O) groups excluding carboxylic acids is 2. The van der Waals surface area contributed by atoms with Gasteiger partial charge in [0.15, 0.2) is 0 Å². The molecule has 1 saturated heterocycles. The average molecular weight is 520 g/mol. The van der Waals surface area contributed by atoms with E-state index in [4.69, 9.17) is 14.1 Å². The highest BCUT2D eigenvalue weighted by Crippen LogP contribution is 2.35. The number of benzene rings is 1. The van der Waals surface area contributed by atoms with Gasteiger partial charge in [-0.3, -0.25) is 9.59 Å². The molecule has 10 heteroatoms. The fourth-order valence-corrected chi connectivity index (χ4v) is 5.64. The lowest BCUT2D eigenvalue weighted by molar-refractivity contribution is -0.148. The topological polar surface area (TPSA) is 102 Å². The summed E-state index contributed by atoms with van der Waals surface area (Å²) in [5, 5.41) is 11.1. The highest BCUT2D eigenvalue weighted by atomic mass is 32.1. The molecule has 4 aromatic rings. The molecule has 192 valence electrons. The second-order valence-electron chi connectivity index (χ2n) is 9.13. The number of pyridine rings is 1. The first-order chi connectivity index (χ1) is 17.9. The van der Waals surface area contributed by atoms with Crippen LogP contribution in [0.3, 0.4) is 0 Å². The molecular weight excluding hydrogens is 490 g/mol. The van der Waals surface area contributed by atoms with Gasteiger partial charge in [-0.05, 0) is 38.0 Å². The van der Waals surface area contributed by atoms with Gasteiger partial charge in [0.25, 0.3) is 5.91 Å². The van der Waals surface area contributed by atoms with Crippen molar-refractivity contribution in [2.45, 2.75) is 33.2 Å². The zero-order valence-corrected chi connectivity index (χ0v) is 22.0. The molecule has 0 N–H and O–H groups in total. The number of fused-ring (bicyclic) bond motifs is 1. The van der Waals surface area contributed by atoms with E-state index >= 15 is 0 Å². The van der Waals surface area contributed by atoms with Crippen LogP contribution >= 0.6 is 11.3 Å². The maximum absolute atomic E-state index is 13.6. The molecule has 1 amide bonds. The summed E-state index contributed by atoms with van der Waals surface area (Å²) in [4.78, 5) is 34.8. The number of ether oxygens (including phenoxy) is 1. The van der Waals surface area contributed by atoms with E-state index in [0.29, 0.717) is 42.9 Å². The van der Waals surface area contributed by atoms with Gasteiger partial charge >= 0.3 is 5.97 Å². The van der Waals surface area contributed by atoms with E-state index in [1.165, 1.54) is 4.70 Å². The van der Waals surface area contributed by atoms with Crippen molar-refractivity contribution in [3.8, 4) is 11.3 Å². The van der Waals surface area contributed by atoms with Crippen molar-refractivity contribution < 1.29 is 18.7 Å². The van der Waals surface area contributed by atoms with Gasteiger partial charge in [0.2, 0.25) is 11.8 Å². The molecule has 0 saturated carbocycles. The normalized spacial score (nSPS) is 15.6. The summed E-state index contributed by atoms with van der Waals surface area (Å²) in [5.41, 5.74) is 2.28. The molecule has 0 radical (unpaired) electrons. The monoisotopic (exact) mass is 519 g/mol. The maximum Gasteiger partial charge on any atom is 0.310 e. The molecule has 1 atom stereocenters. The number of rotatable bonds is 7. The van der Waals surface area contributed by atoms with Crippen LogP contribution in [0.15, 0.2) is 46.2 Å². The molecule has 1 fully saturated rings. The van der Waals surface area contributed by atoms with E-state index in [1.807, 2.05) is 36.1 Å². The first-order valence-corrected chi connectivity index (χ1v) is 13.3. The van der Waals surface area contributed by atoms with E-state index in [9.17, 15) is 9.59 Å². The second kappa shape index (κ2) is 10.7. The smallest absolute Gasteiger partial charge is 0.310 e. The number of aryl methyl sites for hydroxylation is 1. The van der Waals surface area contributed by atoms with Crippen LogP contribution in [-0.4, -0.2) is 58.7 Å². The Balaban J connectivity index is 1.52. The first kappa shape index (κ1) is 24.9. The zero-order valence-electron chi connectivity index (χ0n) is 21.1. The van der Waals surface area contributed by atoms with Gasteiger partial charge in [-0.1, -0.05) is 18.2 Å². The van der Waals surface area contributed by atoms with Gasteiger partial charge in [0.05, 0.1) is 30.3 Å². The summed E-state index contributed by atoms with van der Waals surface area (Å²) in [6.07, 6.45) is 1.56. The molecular formula is C27H29N5O4S. The minimum atomic E-state index is -0.261. The molecule has 9 nitrogen and oxygen atoms in total. The summed E-state index contributed by atoms with van der Waals surface area (Å²) >= 11 is 1.67. The quantitative estimate of drug-likeness (QED) is 0.324. The molecule has 1 aliphatic heterocycles. The van der Waals surface area contributed by atoms with Crippen LogP contribution in [0.1, 0.15) is 41.9 Å². The highest BCUT2D eigenvalue weighted by molar-refractivity contribution is 7.17. The summed E-state index contributed by atoms with van der Waals surface area (Å²) < 4.78 is 11.9. The number of amides is 1. The predicted octanol–water partition coefficient (Wildman–Crippen LogP) is 4.71. The van der Waals surface area contributed by atoms with Crippen molar-refractivity contribution in [3.05, 3.63) is 59.1 Å². The molecule has 1 aromatic carbocycles. The highest BCUT2D eigenvalue weighted by Gasteiger charge is 2.31. The van der Waals surface area contributed by atoms with Crippen molar-refractivity contribution >= 4 is 39.1 Å². The minimum Gasteiger partial charge on any atom is -0.466 e. The van der Waals surface area contributed by atoms with Crippen molar-refractivity contribution in [1.82, 2.24) is 20.1 Å². The number of nitrogens with zero attached hydrogens (tertiary/aromatic N) is 5. The summed E-state index contributed by atoms with van der Waals surface area (Å²) in [6.45, 7) is 5.20. The predicted molar refractivity (Wildman–Crippen MR) is 141 cm³/mol. The van der Waals surface area contributed by atoms with Crippen LogP contribution in [0, 0.1) is 12.8 Å². The molecule has 1 unspecified atom stereocenters. The van der Waals surface area contributed by atoms with Gasteiger partial charge in [0.1, 0.15) is 5.82 Å². The van der Waals surface area contributed by atoms with E-state index in [1.54, 1.807) is 30.2 Å².